The lowest BCUT2D eigenvalue weighted by atomic mass is 9.38. The second-order valence-corrected chi connectivity index (χ2v) is 12.5. The SMILES string of the molecule is C=C(C)[C@@H]1CC[C@]2(C)[C@H](CC[C@@H]3[C@@H]([C@]4(C)CCC(=O)O4)CC[C@]32C)[C@@]1(C)CCC(=O)OC. The Morgan fingerprint density at radius 1 is 1.03 bits per heavy atom. The van der Waals surface area contributed by atoms with Crippen molar-refractivity contribution < 1.29 is 19.1 Å². The average molecular weight is 445 g/mol. The van der Waals surface area contributed by atoms with Crippen molar-refractivity contribution in [1.29, 1.82) is 0 Å². The second-order valence-electron chi connectivity index (χ2n) is 12.5. The molecule has 180 valence electrons. The molecule has 4 rings (SSSR count). The standard InChI is InChI=1S/C28H44O4/c1-18(2)19-10-16-27(5)22(25(19,3)14-12-23(29)31-7)9-8-20-21(11-15-26(20,27)4)28(6)17-13-24(30)32-28/h19-22H,1,8-17H2,2-7H3/t19-,20+,21-,22+,25-,26+,27+,28-/m0/s1. The van der Waals surface area contributed by atoms with Crippen molar-refractivity contribution in [2.75, 3.05) is 7.11 Å². The van der Waals surface area contributed by atoms with Gasteiger partial charge in [0.05, 0.1) is 7.11 Å². The first-order chi connectivity index (χ1) is 14.9. The molecular weight excluding hydrogens is 400 g/mol. The molecule has 0 spiro atoms. The van der Waals surface area contributed by atoms with E-state index in [1.54, 1.807) is 0 Å². The molecule has 1 heterocycles. The highest BCUT2D eigenvalue weighted by Crippen LogP contribution is 2.74. The highest BCUT2D eigenvalue weighted by atomic mass is 16.6. The Hall–Kier alpha value is -1.32. The number of carbonyl (C=O) groups is 2. The minimum Gasteiger partial charge on any atom is -0.469 e. The van der Waals surface area contributed by atoms with Crippen molar-refractivity contribution >= 4 is 11.9 Å². The van der Waals surface area contributed by atoms with Crippen molar-refractivity contribution in [3.63, 3.8) is 0 Å². The van der Waals surface area contributed by atoms with Crippen LogP contribution in [-0.2, 0) is 19.1 Å². The lowest BCUT2D eigenvalue weighted by Crippen LogP contribution is -2.60. The van der Waals surface area contributed by atoms with Crippen LogP contribution in [0.1, 0.15) is 98.8 Å². The van der Waals surface area contributed by atoms with Crippen LogP contribution in [0.25, 0.3) is 0 Å². The first kappa shape index (κ1) is 23.8. The maximum atomic E-state index is 12.1. The molecule has 0 N–H and O–H groups in total. The third-order valence-corrected chi connectivity index (χ3v) is 11.3. The fourth-order valence-corrected chi connectivity index (χ4v) is 9.45. The Morgan fingerprint density at radius 3 is 2.31 bits per heavy atom. The van der Waals surface area contributed by atoms with E-state index in [4.69, 9.17) is 9.47 Å². The maximum absolute atomic E-state index is 12.1. The van der Waals surface area contributed by atoms with Crippen LogP contribution in [0.2, 0.25) is 0 Å². The highest BCUT2D eigenvalue weighted by molar-refractivity contribution is 5.72. The number of esters is 2. The number of methoxy groups -OCH3 is 1. The van der Waals surface area contributed by atoms with Crippen LogP contribution < -0.4 is 0 Å². The van der Waals surface area contributed by atoms with E-state index in [1.807, 2.05) is 0 Å². The van der Waals surface area contributed by atoms with Crippen LogP contribution in [0.5, 0.6) is 0 Å². The molecule has 0 amide bonds. The van der Waals surface area contributed by atoms with Crippen molar-refractivity contribution in [3.05, 3.63) is 12.2 Å². The Balaban J connectivity index is 1.67. The Labute approximate surface area is 194 Å². The van der Waals surface area contributed by atoms with Crippen LogP contribution in [0.4, 0.5) is 0 Å². The van der Waals surface area contributed by atoms with Gasteiger partial charge in [-0.2, -0.15) is 0 Å². The molecular formula is C28H44O4. The molecule has 3 aliphatic carbocycles. The number of ether oxygens (including phenoxy) is 2. The van der Waals surface area contributed by atoms with Gasteiger partial charge in [0, 0.05) is 18.8 Å². The van der Waals surface area contributed by atoms with Crippen LogP contribution in [0, 0.1) is 39.9 Å². The molecule has 0 aromatic heterocycles. The van der Waals surface area contributed by atoms with Gasteiger partial charge in [0.2, 0.25) is 0 Å². The summed E-state index contributed by atoms with van der Waals surface area (Å²) in [6, 6.07) is 0. The highest BCUT2D eigenvalue weighted by Gasteiger charge is 2.68. The van der Waals surface area contributed by atoms with E-state index in [0.29, 0.717) is 36.5 Å². The van der Waals surface area contributed by atoms with Crippen molar-refractivity contribution in [3.8, 4) is 0 Å². The summed E-state index contributed by atoms with van der Waals surface area (Å²) in [5, 5.41) is 0. The normalized spacial score (nSPS) is 48.0. The minimum atomic E-state index is -0.286. The molecule has 4 heteroatoms. The van der Waals surface area contributed by atoms with Gasteiger partial charge in [-0.1, -0.05) is 32.9 Å². The third kappa shape index (κ3) is 3.29. The van der Waals surface area contributed by atoms with Crippen LogP contribution in [0.3, 0.4) is 0 Å². The topological polar surface area (TPSA) is 52.6 Å². The molecule has 1 saturated heterocycles. The second kappa shape index (κ2) is 7.87. The number of rotatable bonds is 5. The van der Waals surface area contributed by atoms with E-state index < -0.39 is 0 Å². The largest absolute Gasteiger partial charge is 0.469 e. The average Bonchev–Trinajstić information content (AvgIpc) is 3.27. The molecule has 3 saturated carbocycles. The van der Waals surface area contributed by atoms with E-state index >= 15 is 0 Å². The summed E-state index contributed by atoms with van der Waals surface area (Å²) in [4.78, 5) is 24.1. The monoisotopic (exact) mass is 444 g/mol. The molecule has 0 aromatic rings. The molecule has 0 bridgehead atoms. The van der Waals surface area contributed by atoms with Gasteiger partial charge in [0.15, 0.2) is 0 Å². The Bertz CT molecular complexity index is 803. The van der Waals surface area contributed by atoms with Gasteiger partial charge in [0.25, 0.3) is 0 Å². The molecule has 0 radical (unpaired) electrons. The zero-order valence-electron chi connectivity index (χ0n) is 21.2. The van der Waals surface area contributed by atoms with Crippen molar-refractivity contribution in [1.82, 2.24) is 0 Å². The molecule has 4 aliphatic rings. The summed E-state index contributed by atoms with van der Waals surface area (Å²) in [5.74, 6) is 1.97. The number of cyclic esters (lactones) is 1. The lowest BCUT2D eigenvalue weighted by Gasteiger charge is -2.66. The number of hydrogen-bond acceptors (Lipinski definition) is 4. The summed E-state index contributed by atoms with van der Waals surface area (Å²) in [6.45, 7) is 16.3. The maximum Gasteiger partial charge on any atom is 0.306 e. The first-order valence-electron chi connectivity index (χ1n) is 12.9. The molecule has 8 atom stereocenters. The zero-order valence-corrected chi connectivity index (χ0v) is 21.2. The number of carbonyl (C=O) groups excluding carboxylic acids is 2. The summed E-state index contributed by atoms with van der Waals surface area (Å²) in [6.07, 6.45) is 9.95. The molecule has 0 unspecified atom stereocenters. The lowest BCUT2D eigenvalue weighted by molar-refractivity contribution is -0.182. The minimum absolute atomic E-state index is 0.0154. The van der Waals surface area contributed by atoms with Gasteiger partial charge in [-0.15, -0.1) is 0 Å². The Morgan fingerprint density at radius 2 is 1.72 bits per heavy atom. The van der Waals surface area contributed by atoms with E-state index in [2.05, 4.69) is 41.2 Å². The number of allylic oxidation sites excluding steroid dienone is 1. The van der Waals surface area contributed by atoms with Gasteiger partial charge in [0.1, 0.15) is 5.60 Å². The Kier molecular flexibility index (Phi) is 5.86. The summed E-state index contributed by atoms with van der Waals surface area (Å²) >= 11 is 0. The predicted octanol–water partition coefficient (Wildman–Crippen LogP) is 6.48. The third-order valence-electron chi connectivity index (χ3n) is 11.3. The van der Waals surface area contributed by atoms with Gasteiger partial charge < -0.3 is 9.47 Å². The number of fused-ring (bicyclic) bond motifs is 3. The number of hydrogen-bond donors (Lipinski definition) is 0. The molecule has 32 heavy (non-hydrogen) atoms. The predicted molar refractivity (Wildman–Crippen MR) is 126 cm³/mol. The van der Waals surface area contributed by atoms with Gasteiger partial charge in [-0.25, -0.2) is 0 Å². The van der Waals surface area contributed by atoms with Crippen LogP contribution in [0.15, 0.2) is 12.2 Å². The van der Waals surface area contributed by atoms with Gasteiger partial charge >= 0.3 is 11.9 Å². The van der Waals surface area contributed by atoms with Crippen molar-refractivity contribution in [2.24, 2.45) is 39.9 Å². The van der Waals surface area contributed by atoms with E-state index in [-0.39, 0.29) is 33.8 Å². The van der Waals surface area contributed by atoms with E-state index in [9.17, 15) is 9.59 Å². The molecule has 1 aliphatic heterocycles. The van der Waals surface area contributed by atoms with E-state index in [0.717, 1.165) is 25.7 Å². The zero-order chi connectivity index (χ0) is 23.5. The smallest absolute Gasteiger partial charge is 0.306 e. The summed E-state index contributed by atoms with van der Waals surface area (Å²) < 4.78 is 11.0. The van der Waals surface area contributed by atoms with Crippen LogP contribution in [-0.4, -0.2) is 24.6 Å². The first-order valence-corrected chi connectivity index (χ1v) is 12.9. The summed E-state index contributed by atoms with van der Waals surface area (Å²) in [5.41, 5.74) is 1.50. The fourth-order valence-electron chi connectivity index (χ4n) is 9.45. The van der Waals surface area contributed by atoms with Gasteiger partial charge in [-0.3, -0.25) is 9.59 Å². The van der Waals surface area contributed by atoms with Gasteiger partial charge in [-0.05, 0) is 99.2 Å². The molecule has 4 fully saturated rings. The molecule has 4 nitrogen and oxygen atoms in total. The fraction of sp³-hybridized carbons (Fsp3) is 0.857. The van der Waals surface area contributed by atoms with Crippen molar-refractivity contribution in [2.45, 2.75) is 104 Å². The van der Waals surface area contributed by atoms with E-state index in [1.165, 1.54) is 38.4 Å². The molecule has 0 aromatic carbocycles. The quantitative estimate of drug-likeness (QED) is 0.360. The van der Waals surface area contributed by atoms with Crippen LogP contribution >= 0.6 is 0 Å². The summed E-state index contributed by atoms with van der Waals surface area (Å²) in [7, 11) is 1.49.